The summed E-state index contributed by atoms with van der Waals surface area (Å²) in [5.41, 5.74) is 1.94. The van der Waals surface area contributed by atoms with Gasteiger partial charge in [0.15, 0.2) is 5.82 Å². The lowest BCUT2D eigenvalue weighted by Crippen LogP contribution is -2.47. The molecule has 1 aromatic carbocycles. The second-order valence-electron chi connectivity index (χ2n) is 6.76. The summed E-state index contributed by atoms with van der Waals surface area (Å²) in [6, 6.07) is 7.87. The number of aromatic amines is 1. The standard InChI is InChI=1S/C18H24N6O3/c1-2-4-14(18(26)27)15(17-20-22-23-21-17)10-12-5-3-6-13(9-12)24-8-7-19-16(25)11-24/h3,5-6,9,14-15H,2,4,7-8,10-11H2,1H3,(H,19,25)(H,26,27)(H,20,21,22,23). The van der Waals surface area contributed by atoms with Crippen LogP contribution in [0.3, 0.4) is 0 Å². The van der Waals surface area contributed by atoms with Gasteiger partial charge in [-0.05, 0) is 30.5 Å². The summed E-state index contributed by atoms with van der Waals surface area (Å²) in [6.45, 7) is 3.65. The minimum Gasteiger partial charge on any atom is -0.481 e. The number of aliphatic carboxylic acids is 1. The van der Waals surface area contributed by atoms with Crippen LogP contribution in [0.25, 0.3) is 0 Å². The van der Waals surface area contributed by atoms with Gasteiger partial charge in [-0.2, -0.15) is 5.21 Å². The van der Waals surface area contributed by atoms with Gasteiger partial charge in [0.25, 0.3) is 0 Å². The van der Waals surface area contributed by atoms with E-state index in [1.54, 1.807) is 0 Å². The molecule has 0 radical (unpaired) electrons. The second kappa shape index (κ2) is 8.61. The van der Waals surface area contributed by atoms with Crippen molar-refractivity contribution in [3.8, 4) is 0 Å². The molecule has 0 saturated carbocycles. The van der Waals surface area contributed by atoms with Gasteiger partial charge in [-0.25, -0.2) is 0 Å². The summed E-state index contributed by atoms with van der Waals surface area (Å²) in [7, 11) is 0. The van der Waals surface area contributed by atoms with Crippen molar-refractivity contribution in [1.29, 1.82) is 0 Å². The van der Waals surface area contributed by atoms with Crippen LogP contribution in [0.4, 0.5) is 5.69 Å². The molecule has 144 valence electrons. The number of hydrogen-bond donors (Lipinski definition) is 3. The summed E-state index contributed by atoms with van der Waals surface area (Å²) >= 11 is 0. The molecule has 9 nitrogen and oxygen atoms in total. The third kappa shape index (κ3) is 4.60. The maximum absolute atomic E-state index is 11.8. The molecule has 3 N–H and O–H groups in total. The Morgan fingerprint density at radius 2 is 2.26 bits per heavy atom. The Hall–Kier alpha value is -2.97. The first-order chi connectivity index (χ1) is 13.1. The highest BCUT2D eigenvalue weighted by molar-refractivity contribution is 5.82. The third-order valence-corrected chi connectivity index (χ3v) is 4.87. The van der Waals surface area contributed by atoms with Gasteiger partial charge < -0.3 is 15.3 Å². The lowest BCUT2D eigenvalue weighted by Gasteiger charge is -2.29. The van der Waals surface area contributed by atoms with E-state index in [0.29, 0.717) is 31.8 Å². The van der Waals surface area contributed by atoms with Crippen LogP contribution < -0.4 is 10.2 Å². The average Bonchev–Trinajstić information content (AvgIpc) is 3.19. The predicted molar refractivity (Wildman–Crippen MR) is 98.3 cm³/mol. The van der Waals surface area contributed by atoms with Crippen molar-refractivity contribution in [3.63, 3.8) is 0 Å². The predicted octanol–water partition coefficient (Wildman–Crippen LogP) is 0.963. The van der Waals surface area contributed by atoms with Crippen LogP contribution >= 0.6 is 0 Å². The fourth-order valence-electron chi connectivity index (χ4n) is 3.54. The molecule has 2 aromatic rings. The van der Waals surface area contributed by atoms with E-state index < -0.39 is 11.9 Å². The topological polar surface area (TPSA) is 124 Å². The lowest BCUT2D eigenvalue weighted by atomic mass is 9.83. The molecule has 2 atom stereocenters. The smallest absolute Gasteiger partial charge is 0.307 e. The maximum Gasteiger partial charge on any atom is 0.307 e. The Morgan fingerprint density at radius 3 is 2.93 bits per heavy atom. The van der Waals surface area contributed by atoms with Crippen LogP contribution in [0, 0.1) is 5.92 Å². The number of tetrazole rings is 1. The molecule has 1 aliphatic rings. The minimum atomic E-state index is -0.851. The van der Waals surface area contributed by atoms with E-state index >= 15 is 0 Å². The van der Waals surface area contributed by atoms with E-state index in [1.807, 2.05) is 36.1 Å². The number of benzene rings is 1. The Kier molecular flexibility index (Phi) is 6.00. The fourth-order valence-corrected chi connectivity index (χ4v) is 3.54. The van der Waals surface area contributed by atoms with E-state index in [0.717, 1.165) is 24.2 Å². The SMILES string of the molecule is CCCC(C(=O)O)C(Cc1cccc(N2CCNC(=O)C2)c1)c1nn[nH]n1. The highest BCUT2D eigenvalue weighted by Gasteiger charge is 2.32. The van der Waals surface area contributed by atoms with Crippen molar-refractivity contribution < 1.29 is 14.7 Å². The Labute approximate surface area is 157 Å². The van der Waals surface area contributed by atoms with Crippen LogP contribution in [0.1, 0.15) is 37.1 Å². The van der Waals surface area contributed by atoms with Gasteiger partial charge in [0.1, 0.15) is 0 Å². The molecule has 1 amide bonds. The molecular weight excluding hydrogens is 348 g/mol. The first-order valence-electron chi connectivity index (χ1n) is 9.15. The number of carbonyl (C=O) groups excluding carboxylic acids is 1. The molecule has 27 heavy (non-hydrogen) atoms. The summed E-state index contributed by atoms with van der Waals surface area (Å²) in [5, 5.41) is 26.6. The zero-order valence-corrected chi connectivity index (χ0v) is 15.3. The zero-order chi connectivity index (χ0) is 19.2. The van der Waals surface area contributed by atoms with Crippen molar-refractivity contribution >= 4 is 17.6 Å². The van der Waals surface area contributed by atoms with Crippen molar-refractivity contribution in [2.24, 2.45) is 5.92 Å². The normalized spacial score (nSPS) is 16.6. The number of hydrogen-bond acceptors (Lipinski definition) is 6. The number of carbonyl (C=O) groups is 2. The summed E-state index contributed by atoms with van der Waals surface area (Å²) in [5.74, 6) is -1.39. The second-order valence-corrected chi connectivity index (χ2v) is 6.76. The van der Waals surface area contributed by atoms with Crippen molar-refractivity contribution in [2.45, 2.75) is 32.1 Å². The molecule has 1 saturated heterocycles. The number of carboxylic acids is 1. The molecule has 0 bridgehead atoms. The largest absolute Gasteiger partial charge is 0.481 e. The quantitative estimate of drug-likeness (QED) is 0.630. The maximum atomic E-state index is 11.8. The molecule has 2 heterocycles. The third-order valence-electron chi connectivity index (χ3n) is 4.87. The molecule has 0 aliphatic carbocycles. The summed E-state index contributed by atoms with van der Waals surface area (Å²) in [6.07, 6.45) is 1.79. The Bertz CT molecular complexity index is 779. The number of nitrogens with one attached hydrogen (secondary N) is 2. The van der Waals surface area contributed by atoms with Crippen molar-refractivity contribution in [2.75, 3.05) is 24.5 Å². The molecule has 1 aliphatic heterocycles. The number of amides is 1. The summed E-state index contributed by atoms with van der Waals surface area (Å²) < 4.78 is 0. The van der Waals surface area contributed by atoms with Crippen molar-refractivity contribution in [1.82, 2.24) is 25.9 Å². The number of aromatic nitrogens is 4. The summed E-state index contributed by atoms with van der Waals surface area (Å²) in [4.78, 5) is 25.5. The van der Waals surface area contributed by atoms with Gasteiger partial charge in [0, 0.05) is 24.7 Å². The van der Waals surface area contributed by atoms with Crippen LogP contribution in [0.5, 0.6) is 0 Å². The van der Waals surface area contributed by atoms with Crippen LogP contribution in [0.15, 0.2) is 24.3 Å². The average molecular weight is 372 g/mol. The van der Waals surface area contributed by atoms with Gasteiger partial charge in [-0.3, -0.25) is 9.59 Å². The highest BCUT2D eigenvalue weighted by atomic mass is 16.4. The molecular formula is C18H24N6O3. The first kappa shape index (κ1) is 18.8. The van der Waals surface area contributed by atoms with Crippen molar-refractivity contribution in [3.05, 3.63) is 35.7 Å². The minimum absolute atomic E-state index is 0.00483. The monoisotopic (exact) mass is 372 g/mol. The number of rotatable bonds is 8. The van der Waals surface area contributed by atoms with E-state index in [4.69, 9.17) is 0 Å². The van der Waals surface area contributed by atoms with Crippen LogP contribution in [0.2, 0.25) is 0 Å². The van der Waals surface area contributed by atoms with Crippen LogP contribution in [-0.4, -0.2) is 57.2 Å². The number of carboxylic acid groups (broad SMARTS) is 1. The fraction of sp³-hybridized carbons (Fsp3) is 0.500. The number of nitrogens with zero attached hydrogens (tertiary/aromatic N) is 4. The van der Waals surface area contributed by atoms with E-state index in [-0.39, 0.29) is 11.8 Å². The zero-order valence-electron chi connectivity index (χ0n) is 15.3. The Balaban J connectivity index is 1.84. The Morgan fingerprint density at radius 1 is 1.41 bits per heavy atom. The van der Waals surface area contributed by atoms with E-state index in [1.165, 1.54) is 0 Å². The van der Waals surface area contributed by atoms with Gasteiger partial charge in [0.05, 0.1) is 12.5 Å². The molecule has 0 spiro atoms. The number of piperazine rings is 1. The van der Waals surface area contributed by atoms with Gasteiger partial charge in [-0.1, -0.05) is 30.7 Å². The molecule has 3 rings (SSSR count). The highest BCUT2D eigenvalue weighted by Crippen LogP contribution is 2.31. The van der Waals surface area contributed by atoms with E-state index in [9.17, 15) is 14.7 Å². The molecule has 2 unspecified atom stereocenters. The lowest BCUT2D eigenvalue weighted by molar-refractivity contribution is -0.143. The van der Waals surface area contributed by atoms with Gasteiger partial charge in [0.2, 0.25) is 5.91 Å². The molecule has 9 heteroatoms. The number of anilines is 1. The van der Waals surface area contributed by atoms with Crippen LogP contribution in [-0.2, 0) is 16.0 Å². The molecule has 1 fully saturated rings. The number of H-pyrrole nitrogens is 1. The van der Waals surface area contributed by atoms with Gasteiger partial charge in [-0.15, -0.1) is 10.2 Å². The molecule has 1 aromatic heterocycles. The first-order valence-corrected chi connectivity index (χ1v) is 9.15. The van der Waals surface area contributed by atoms with Gasteiger partial charge >= 0.3 is 5.97 Å². The van der Waals surface area contributed by atoms with E-state index in [2.05, 4.69) is 25.9 Å².